The van der Waals surface area contributed by atoms with Crippen molar-refractivity contribution >= 4 is 23.5 Å². The number of ketones is 1. The first kappa shape index (κ1) is 14.2. The van der Waals surface area contributed by atoms with Crippen molar-refractivity contribution in [2.24, 2.45) is 5.92 Å². The molecule has 3 rings (SSSR count). The minimum Gasteiger partial charge on any atom is -0.481 e. The summed E-state index contributed by atoms with van der Waals surface area (Å²) in [6, 6.07) is 9.24. The highest BCUT2D eigenvalue weighted by atomic mass is 32.2. The van der Waals surface area contributed by atoms with Crippen molar-refractivity contribution in [3.8, 4) is 0 Å². The van der Waals surface area contributed by atoms with Crippen molar-refractivity contribution in [3.63, 3.8) is 0 Å². The van der Waals surface area contributed by atoms with Gasteiger partial charge in [-0.2, -0.15) is 0 Å². The lowest BCUT2D eigenvalue weighted by atomic mass is 10.0. The van der Waals surface area contributed by atoms with Gasteiger partial charge in [0.05, 0.1) is 5.92 Å². The number of carbonyl (C=O) groups is 2. The van der Waals surface area contributed by atoms with Crippen molar-refractivity contribution in [2.75, 3.05) is 12.8 Å². The molecule has 1 N–H and O–H groups in total. The molecule has 2 aliphatic heterocycles. The van der Waals surface area contributed by atoms with Crippen molar-refractivity contribution in [2.45, 2.75) is 17.7 Å². The van der Waals surface area contributed by atoms with E-state index in [0.717, 1.165) is 5.70 Å². The molecule has 0 bridgehead atoms. The highest BCUT2D eigenvalue weighted by Gasteiger charge is 2.52. The van der Waals surface area contributed by atoms with Crippen LogP contribution in [0.1, 0.15) is 23.2 Å². The monoisotopic (exact) mass is 303 g/mol. The van der Waals surface area contributed by atoms with Crippen LogP contribution >= 0.6 is 11.8 Å². The molecule has 4 nitrogen and oxygen atoms in total. The van der Waals surface area contributed by atoms with Crippen LogP contribution in [0.3, 0.4) is 0 Å². The summed E-state index contributed by atoms with van der Waals surface area (Å²) in [6.45, 7) is 0.627. The first-order valence-electron chi connectivity index (χ1n) is 6.95. The zero-order valence-corrected chi connectivity index (χ0v) is 12.6. The largest absolute Gasteiger partial charge is 0.481 e. The molecule has 1 fully saturated rings. The second-order valence-corrected chi connectivity index (χ2v) is 6.43. The van der Waals surface area contributed by atoms with E-state index in [1.807, 2.05) is 47.6 Å². The SMILES string of the molecule is CSC1(C(=O)c2ccccc2)CC=C2C(C(=O)O)CCN21. The van der Waals surface area contributed by atoms with Crippen LogP contribution in [0.25, 0.3) is 0 Å². The van der Waals surface area contributed by atoms with E-state index in [1.165, 1.54) is 11.8 Å². The van der Waals surface area contributed by atoms with Crippen LogP contribution < -0.4 is 0 Å². The number of hydrogen-bond donors (Lipinski definition) is 1. The van der Waals surface area contributed by atoms with E-state index < -0.39 is 16.8 Å². The molecule has 0 aliphatic carbocycles. The standard InChI is InChI=1S/C16H17NO3S/c1-21-16(14(18)11-5-3-2-4-6-11)9-7-13-12(15(19)20)8-10-17(13)16/h2-7,12H,8-10H2,1H3,(H,19,20). The summed E-state index contributed by atoms with van der Waals surface area (Å²) in [6.07, 6.45) is 5.00. The summed E-state index contributed by atoms with van der Waals surface area (Å²) in [7, 11) is 0. The Morgan fingerprint density at radius 3 is 2.67 bits per heavy atom. The molecule has 5 heteroatoms. The van der Waals surface area contributed by atoms with Crippen LogP contribution in [-0.4, -0.2) is 39.4 Å². The molecule has 1 aromatic carbocycles. The zero-order chi connectivity index (χ0) is 15.0. The Morgan fingerprint density at radius 1 is 1.33 bits per heavy atom. The lowest BCUT2D eigenvalue weighted by molar-refractivity contribution is -0.140. The highest BCUT2D eigenvalue weighted by Crippen LogP contribution is 2.48. The molecule has 0 amide bonds. The number of Topliss-reactive ketones (excluding diaryl/α,β-unsaturated/α-hetero) is 1. The molecule has 1 aromatic rings. The fourth-order valence-electron chi connectivity index (χ4n) is 3.28. The number of nitrogens with zero attached hydrogens (tertiary/aromatic N) is 1. The summed E-state index contributed by atoms with van der Waals surface area (Å²) in [5.74, 6) is -1.21. The fraction of sp³-hybridized carbons (Fsp3) is 0.375. The van der Waals surface area contributed by atoms with Gasteiger partial charge >= 0.3 is 5.97 Å². The molecule has 0 spiro atoms. The Labute approximate surface area is 127 Å². The molecular weight excluding hydrogens is 286 g/mol. The number of hydrogen-bond acceptors (Lipinski definition) is 4. The van der Waals surface area contributed by atoms with Crippen LogP contribution in [0, 0.1) is 5.92 Å². The predicted octanol–water partition coefficient (Wildman–Crippen LogP) is 2.62. The van der Waals surface area contributed by atoms with Gasteiger partial charge in [0.25, 0.3) is 0 Å². The normalized spacial score (nSPS) is 27.4. The van der Waals surface area contributed by atoms with Gasteiger partial charge in [-0.25, -0.2) is 0 Å². The van der Waals surface area contributed by atoms with Gasteiger partial charge in [-0.3, -0.25) is 9.59 Å². The van der Waals surface area contributed by atoms with Crippen LogP contribution in [0.2, 0.25) is 0 Å². The molecule has 0 radical (unpaired) electrons. The van der Waals surface area contributed by atoms with Crippen LogP contribution in [0.5, 0.6) is 0 Å². The second kappa shape index (κ2) is 5.22. The van der Waals surface area contributed by atoms with E-state index in [4.69, 9.17) is 0 Å². The fourth-order valence-corrected chi connectivity index (χ4v) is 4.25. The van der Waals surface area contributed by atoms with Gasteiger partial charge in [0.2, 0.25) is 0 Å². The molecular formula is C16H17NO3S. The number of thioether (sulfide) groups is 1. The van der Waals surface area contributed by atoms with Crippen molar-refractivity contribution in [1.82, 2.24) is 4.90 Å². The van der Waals surface area contributed by atoms with Gasteiger partial charge < -0.3 is 10.0 Å². The maximum atomic E-state index is 13.0. The summed E-state index contributed by atoms with van der Waals surface area (Å²) in [5, 5.41) is 9.30. The Bertz CT molecular complexity index is 613. The summed E-state index contributed by atoms with van der Waals surface area (Å²) in [5.41, 5.74) is 1.49. The quantitative estimate of drug-likeness (QED) is 0.867. The predicted molar refractivity (Wildman–Crippen MR) is 82.2 cm³/mol. The van der Waals surface area contributed by atoms with E-state index in [1.54, 1.807) is 0 Å². The average Bonchev–Trinajstić information content (AvgIpc) is 3.07. The summed E-state index contributed by atoms with van der Waals surface area (Å²) < 4.78 is 0. The van der Waals surface area contributed by atoms with Gasteiger partial charge in [0.15, 0.2) is 10.7 Å². The smallest absolute Gasteiger partial charge is 0.312 e. The number of fused-ring (bicyclic) bond motifs is 1. The van der Waals surface area contributed by atoms with E-state index in [2.05, 4.69) is 0 Å². The molecule has 2 heterocycles. The van der Waals surface area contributed by atoms with Gasteiger partial charge in [-0.05, 0) is 12.7 Å². The maximum absolute atomic E-state index is 13.0. The topological polar surface area (TPSA) is 57.6 Å². The number of benzene rings is 1. The Balaban J connectivity index is 1.94. The van der Waals surface area contributed by atoms with E-state index in [-0.39, 0.29) is 5.78 Å². The van der Waals surface area contributed by atoms with Crippen molar-refractivity contribution in [3.05, 3.63) is 47.7 Å². The third kappa shape index (κ3) is 2.07. The van der Waals surface area contributed by atoms with Crippen LogP contribution in [-0.2, 0) is 4.79 Å². The molecule has 0 aromatic heterocycles. The molecule has 1 saturated heterocycles. The lowest BCUT2D eigenvalue weighted by Gasteiger charge is -2.36. The number of rotatable bonds is 4. The first-order valence-corrected chi connectivity index (χ1v) is 8.18. The summed E-state index contributed by atoms with van der Waals surface area (Å²) >= 11 is 1.50. The number of carboxylic acids is 1. The van der Waals surface area contributed by atoms with Crippen molar-refractivity contribution in [1.29, 1.82) is 0 Å². The Kier molecular flexibility index (Phi) is 3.53. The van der Waals surface area contributed by atoms with Gasteiger partial charge in [0.1, 0.15) is 0 Å². The number of aliphatic carboxylic acids is 1. The number of carboxylic acid groups (broad SMARTS) is 1. The lowest BCUT2D eigenvalue weighted by Crippen LogP contribution is -2.47. The first-order chi connectivity index (χ1) is 10.1. The van der Waals surface area contributed by atoms with E-state index in [9.17, 15) is 14.7 Å². The van der Waals surface area contributed by atoms with Crippen molar-refractivity contribution < 1.29 is 14.7 Å². The zero-order valence-electron chi connectivity index (χ0n) is 11.8. The third-order valence-electron chi connectivity index (χ3n) is 4.36. The Morgan fingerprint density at radius 2 is 2.05 bits per heavy atom. The Hall–Kier alpha value is -1.75. The minimum atomic E-state index is -0.798. The molecule has 2 aliphatic rings. The highest BCUT2D eigenvalue weighted by molar-refractivity contribution is 8.00. The van der Waals surface area contributed by atoms with Gasteiger partial charge in [-0.15, -0.1) is 11.8 Å². The van der Waals surface area contributed by atoms with E-state index in [0.29, 0.717) is 24.9 Å². The number of carbonyl (C=O) groups excluding carboxylic acids is 1. The third-order valence-corrected chi connectivity index (χ3v) is 5.61. The molecule has 0 saturated carbocycles. The molecule has 110 valence electrons. The maximum Gasteiger partial charge on any atom is 0.312 e. The van der Waals surface area contributed by atoms with E-state index >= 15 is 0 Å². The van der Waals surface area contributed by atoms with Gasteiger partial charge in [0, 0.05) is 24.2 Å². The second-order valence-electron chi connectivity index (χ2n) is 5.35. The molecule has 2 unspecified atom stereocenters. The summed E-state index contributed by atoms with van der Waals surface area (Å²) in [4.78, 5) is 25.6. The van der Waals surface area contributed by atoms with Crippen LogP contribution in [0.15, 0.2) is 42.1 Å². The van der Waals surface area contributed by atoms with Gasteiger partial charge in [-0.1, -0.05) is 36.4 Å². The molecule has 21 heavy (non-hydrogen) atoms. The minimum absolute atomic E-state index is 0.0629. The average molecular weight is 303 g/mol. The van der Waals surface area contributed by atoms with Crippen LogP contribution in [0.4, 0.5) is 0 Å². The molecule has 2 atom stereocenters.